The van der Waals surface area contributed by atoms with Gasteiger partial charge in [0.1, 0.15) is 0 Å². The fourth-order valence-electron chi connectivity index (χ4n) is 2.62. The summed E-state index contributed by atoms with van der Waals surface area (Å²) in [5.74, 6) is -0.0635. The highest BCUT2D eigenvalue weighted by molar-refractivity contribution is 5.99. The molecule has 0 amide bonds. The molecule has 0 aromatic heterocycles. The molecule has 0 unspecified atom stereocenters. The number of nitrogens with zero attached hydrogens (tertiary/aromatic N) is 1. The van der Waals surface area contributed by atoms with E-state index in [1.165, 1.54) is 25.1 Å². The zero-order valence-corrected chi connectivity index (χ0v) is 14.6. The molecule has 0 atom stereocenters. The van der Waals surface area contributed by atoms with Crippen molar-refractivity contribution in [2.75, 3.05) is 19.8 Å². The Kier molecular flexibility index (Phi) is 5.35. The van der Waals surface area contributed by atoms with E-state index in [0.29, 0.717) is 35.8 Å². The molecule has 0 saturated heterocycles. The van der Waals surface area contributed by atoms with Crippen LogP contribution in [0.15, 0.2) is 36.4 Å². The third kappa shape index (κ3) is 4.22. The summed E-state index contributed by atoms with van der Waals surface area (Å²) in [6.45, 7) is 2.12. The number of aryl methyl sites for hydroxylation is 1. The third-order valence-corrected chi connectivity index (χ3v) is 4.03. The van der Waals surface area contributed by atoms with Crippen molar-refractivity contribution in [1.29, 1.82) is 0 Å². The first kappa shape index (κ1) is 18.4. The van der Waals surface area contributed by atoms with Crippen molar-refractivity contribution < 1.29 is 28.7 Å². The van der Waals surface area contributed by atoms with Gasteiger partial charge in [-0.3, -0.25) is 14.9 Å². The van der Waals surface area contributed by atoms with Crippen LogP contribution in [0.1, 0.15) is 32.7 Å². The van der Waals surface area contributed by atoms with Crippen LogP contribution in [-0.2, 0) is 4.74 Å². The van der Waals surface area contributed by atoms with Gasteiger partial charge in [-0.2, -0.15) is 0 Å². The molecule has 1 aliphatic rings. The van der Waals surface area contributed by atoms with Gasteiger partial charge in [0.15, 0.2) is 23.9 Å². The fourth-order valence-corrected chi connectivity index (χ4v) is 2.62. The maximum Gasteiger partial charge on any atom is 0.338 e. The molecule has 8 heteroatoms. The van der Waals surface area contributed by atoms with Crippen molar-refractivity contribution in [3.63, 3.8) is 0 Å². The van der Waals surface area contributed by atoms with Crippen molar-refractivity contribution in [2.45, 2.75) is 13.3 Å². The second kappa shape index (κ2) is 7.86. The van der Waals surface area contributed by atoms with Crippen molar-refractivity contribution in [3.8, 4) is 11.5 Å². The minimum atomic E-state index is -0.726. The Hall–Kier alpha value is -3.42. The SMILES string of the molecule is Cc1cc(C(=O)OCC(=O)c2ccc3c(c2)OCCCO3)ccc1[N+](=O)[O-]. The molecule has 0 spiro atoms. The predicted octanol–water partition coefficient (Wildman–Crippen LogP) is 3.10. The van der Waals surface area contributed by atoms with Gasteiger partial charge in [-0.15, -0.1) is 0 Å². The van der Waals surface area contributed by atoms with E-state index in [0.717, 1.165) is 6.42 Å². The molecule has 2 aromatic carbocycles. The first-order valence-electron chi connectivity index (χ1n) is 8.31. The number of nitro benzene ring substituents is 1. The van der Waals surface area contributed by atoms with Gasteiger partial charge in [-0.25, -0.2) is 4.79 Å². The first-order chi connectivity index (χ1) is 13.0. The summed E-state index contributed by atoms with van der Waals surface area (Å²) in [4.78, 5) is 34.7. The number of fused-ring (bicyclic) bond motifs is 1. The summed E-state index contributed by atoms with van der Waals surface area (Å²) in [6.07, 6.45) is 0.754. The van der Waals surface area contributed by atoms with E-state index >= 15 is 0 Å². The van der Waals surface area contributed by atoms with E-state index in [9.17, 15) is 19.7 Å². The van der Waals surface area contributed by atoms with Crippen LogP contribution in [0.3, 0.4) is 0 Å². The molecule has 8 nitrogen and oxygen atoms in total. The second-order valence-electron chi connectivity index (χ2n) is 5.97. The number of ketones is 1. The van der Waals surface area contributed by atoms with Crippen LogP contribution in [-0.4, -0.2) is 36.5 Å². The van der Waals surface area contributed by atoms with Gasteiger partial charge in [0.2, 0.25) is 0 Å². The molecule has 0 N–H and O–H groups in total. The molecule has 140 valence electrons. The molecule has 1 aliphatic heterocycles. The van der Waals surface area contributed by atoms with E-state index in [1.54, 1.807) is 18.2 Å². The molecule has 0 fully saturated rings. The lowest BCUT2D eigenvalue weighted by Crippen LogP contribution is -2.14. The average molecular weight is 371 g/mol. The molecule has 1 heterocycles. The highest BCUT2D eigenvalue weighted by atomic mass is 16.6. The molecule has 0 bridgehead atoms. The summed E-state index contributed by atoms with van der Waals surface area (Å²) in [5.41, 5.74) is 0.731. The number of Topliss-reactive ketones (excluding diaryl/α,β-unsaturated/α-hetero) is 1. The number of esters is 1. The van der Waals surface area contributed by atoms with Crippen molar-refractivity contribution in [3.05, 3.63) is 63.2 Å². The Morgan fingerprint density at radius 3 is 2.48 bits per heavy atom. The Bertz CT molecular complexity index is 907. The van der Waals surface area contributed by atoms with Gasteiger partial charge >= 0.3 is 5.97 Å². The maximum absolute atomic E-state index is 12.3. The van der Waals surface area contributed by atoms with Crippen molar-refractivity contribution >= 4 is 17.4 Å². The van der Waals surface area contributed by atoms with Gasteiger partial charge in [0, 0.05) is 23.6 Å². The van der Waals surface area contributed by atoms with Crippen molar-refractivity contribution in [1.82, 2.24) is 0 Å². The topological polar surface area (TPSA) is 105 Å². The van der Waals surface area contributed by atoms with Crippen LogP contribution >= 0.6 is 0 Å². The average Bonchev–Trinajstić information content (AvgIpc) is 2.90. The molecular formula is C19H17NO7. The van der Waals surface area contributed by atoms with E-state index in [4.69, 9.17) is 14.2 Å². The Balaban J connectivity index is 1.65. The van der Waals surface area contributed by atoms with E-state index in [2.05, 4.69) is 0 Å². The summed E-state index contributed by atoms with van der Waals surface area (Å²) in [6, 6.07) is 8.68. The number of hydrogen-bond donors (Lipinski definition) is 0. The summed E-state index contributed by atoms with van der Waals surface area (Å²) in [5, 5.41) is 10.8. The van der Waals surface area contributed by atoms with Crippen LogP contribution < -0.4 is 9.47 Å². The lowest BCUT2D eigenvalue weighted by atomic mass is 10.1. The molecule has 0 radical (unpaired) electrons. The van der Waals surface area contributed by atoms with Crippen LogP contribution in [0.5, 0.6) is 11.5 Å². The van der Waals surface area contributed by atoms with E-state index in [-0.39, 0.29) is 11.3 Å². The highest BCUT2D eigenvalue weighted by Crippen LogP contribution is 2.30. The largest absolute Gasteiger partial charge is 0.490 e. The van der Waals surface area contributed by atoms with Gasteiger partial charge in [-0.05, 0) is 37.3 Å². The molecule has 0 saturated carbocycles. The van der Waals surface area contributed by atoms with Crippen molar-refractivity contribution in [2.24, 2.45) is 0 Å². The quantitative estimate of drug-likeness (QED) is 0.344. The summed E-state index contributed by atoms with van der Waals surface area (Å²) >= 11 is 0. The smallest absolute Gasteiger partial charge is 0.338 e. The second-order valence-corrected chi connectivity index (χ2v) is 5.97. The lowest BCUT2D eigenvalue weighted by molar-refractivity contribution is -0.385. The minimum Gasteiger partial charge on any atom is -0.490 e. The number of carbonyl (C=O) groups excluding carboxylic acids is 2. The molecular weight excluding hydrogens is 354 g/mol. The molecule has 27 heavy (non-hydrogen) atoms. The number of ether oxygens (including phenoxy) is 3. The van der Waals surface area contributed by atoms with Gasteiger partial charge in [-0.1, -0.05) is 0 Å². The summed E-state index contributed by atoms with van der Waals surface area (Å²) < 4.78 is 16.1. The van der Waals surface area contributed by atoms with Crippen LogP contribution in [0.25, 0.3) is 0 Å². The zero-order chi connectivity index (χ0) is 19.4. The predicted molar refractivity (Wildman–Crippen MR) is 94.5 cm³/mol. The molecule has 2 aromatic rings. The van der Waals surface area contributed by atoms with Crippen LogP contribution in [0, 0.1) is 17.0 Å². The molecule has 0 aliphatic carbocycles. The normalized spacial score (nSPS) is 12.8. The van der Waals surface area contributed by atoms with Gasteiger partial charge in [0.25, 0.3) is 5.69 Å². The Morgan fingerprint density at radius 2 is 1.78 bits per heavy atom. The lowest BCUT2D eigenvalue weighted by Gasteiger charge is -2.09. The number of carbonyl (C=O) groups is 2. The van der Waals surface area contributed by atoms with Crippen LogP contribution in [0.4, 0.5) is 5.69 Å². The van der Waals surface area contributed by atoms with E-state index in [1.807, 2.05) is 0 Å². The third-order valence-electron chi connectivity index (χ3n) is 4.03. The first-order valence-corrected chi connectivity index (χ1v) is 8.31. The number of nitro groups is 1. The Morgan fingerprint density at radius 1 is 1.07 bits per heavy atom. The number of hydrogen-bond acceptors (Lipinski definition) is 7. The number of benzene rings is 2. The fraction of sp³-hybridized carbons (Fsp3) is 0.263. The Labute approximate surface area is 154 Å². The minimum absolute atomic E-state index is 0.0881. The number of rotatable bonds is 5. The monoisotopic (exact) mass is 371 g/mol. The van der Waals surface area contributed by atoms with Gasteiger partial charge < -0.3 is 14.2 Å². The summed E-state index contributed by atoms with van der Waals surface area (Å²) in [7, 11) is 0. The highest BCUT2D eigenvalue weighted by Gasteiger charge is 2.18. The van der Waals surface area contributed by atoms with E-state index < -0.39 is 23.3 Å². The standard InChI is InChI=1S/C19H17NO7/c1-12-9-14(3-5-15(12)20(23)24)19(22)27-11-16(21)13-4-6-17-18(10-13)26-8-2-7-25-17/h3-6,9-10H,2,7-8,11H2,1H3. The van der Waals surface area contributed by atoms with Crippen LogP contribution in [0.2, 0.25) is 0 Å². The zero-order valence-electron chi connectivity index (χ0n) is 14.6. The molecule has 3 rings (SSSR count). The van der Waals surface area contributed by atoms with Gasteiger partial charge in [0.05, 0.1) is 23.7 Å². The maximum atomic E-state index is 12.3.